The lowest BCUT2D eigenvalue weighted by Crippen LogP contribution is -2.22. The number of rotatable bonds is 5. The number of benzene rings is 1. The van der Waals surface area contributed by atoms with E-state index in [4.69, 9.17) is 5.73 Å². The molecule has 1 amide bonds. The summed E-state index contributed by atoms with van der Waals surface area (Å²) in [5.74, 6) is -1.75. The summed E-state index contributed by atoms with van der Waals surface area (Å²) in [7, 11) is 0. The normalized spacial score (nSPS) is 10.7. The smallest absolute Gasteiger partial charge is 0.292 e. The molecule has 0 atom stereocenters. The number of carbonyl (C=O) groups excluding carboxylic acids is 2. The minimum atomic E-state index is -0.990. The van der Waals surface area contributed by atoms with E-state index in [1.165, 1.54) is 0 Å². The number of nitrogens with one attached hydrogen (secondary N) is 1. The lowest BCUT2D eigenvalue weighted by molar-refractivity contribution is -0.114. The fourth-order valence-corrected chi connectivity index (χ4v) is 3.26. The lowest BCUT2D eigenvalue weighted by Gasteiger charge is -2.03. The van der Waals surface area contributed by atoms with E-state index in [-0.39, 0.29) is 5.01 Å². The van der Waals surface area contributed by atoms with Crippen LogP contribution in [0.15, 0.2) is 29.8 Å². The minimum absolute atomic E-state index is 0.120. The average Bonchev–Trinajstić information content (AvgIpc) is 3.12. The number of fused-ring (bicyclic) bond motifs is 1. The van der Waals surface area contributed by atoms with Crippen LogP contribution in [0.2, 0.25) is 0 Å². The quantitative estimate of drug-likeness (QED) is 0.554. The van der Waals surface area contributed by atoms with Crippen LogP contribution in [0.4, 0.5) is 5.69 Å². The first-order valence-corrected chi connectivity index (χ1v) is 7.70. The lowest BCUT2D eigenvalue weighted by atomic mass is 10.3. The van der Waals surface area contributed by atoms with Crippen LogP contribution >= 0.6 is 22.7 Å². The molecule has 0 aliphatic carbocycles. The predicted molar refractivity (Wildman–Crippen MR) is 82.6 cm³/mol. The molecule has 3 N–H and O–H groups in total. The van der Waals surface area contributed by atoms with Gasteiger partial charge in [0.15, 0.2) is 5.01 Å². The second kappa shape index (κ2) is 5.58. The topological polar surface area (TPSA) is 98.0 Å². The Labute approximate surface area is 127 Å². The number of aromatic nitrogens is 2. The fourth-order valence-electron chi connectivity index (χ4n) is 1.76. The third-order valence-corrected chi connectivity index (χ3v) is 4.53. The Morgan fingerprint density at radius 2 is 2.19 bits per heavy atom. The number of nitrogens with two attached hydrogens (primary N) is 1. The van der Waals surface area contributed by atoms with E-state index in [0.717, 1.165) is 26.7 Å². The maximum Gasteiger partial charge on any atom is 0.292 e. The molecule has 8 heteroatoms. The molecule has 2 aromatic heterocycles. The molecular formula is C13H10N4O2S2. The molecule has 0 bridgehead atoms. The number of hydrogen-bond acceptors (Lipinski definition) is 7. The molecule has 3 rings (SSSR count). The molecule has 0 saturated carbocycles. The van der Waals surface area contributed by atoms with Gasteiger partial charge in [0.1, 0.15) is 5.01 Å². The molecule has 3 aromatic rings. The summed E-state index contributed by atoms with van der Waals surface area (Å²) in [6.07, 6.45) is 1.76. The molecule has 0 aliphatic rings. The Kier molecular flexibility index (Phi) is 3.63. The Balaban J connectivity index is 1.82. The maximum absolute atomic E-state index is 11.5. The monoisotopic (exact) mass is 318 g/mol. The van der Waals surface area contributed by atoms with Crippen LogP contribution in [0.5, 0.6) is 0 Å². The molecule has 1 aromatic carbocycles. The van der Waals surface area contributed by atoms with Gasteiger partial charge in [0.2, 0.25) is 0 Å². The van der Waals surface area contributed by atoms with Gasteiger partial charge in [-0.1, -0.05) is 0 Å². The molecule has 0 radical (unpaired) electrons. The molecular weight excluding hydrogens is 308 g/mol. The number of anilines is 1. The van der Waals surface area contributed by atoms with Crippen molar-refractivity contribution in [2.24, 2.45) is 5.73 Å². The number of ketones is 1. The van der Waals surface area contributed by atoms with Crippen LogP contribution in [0.3, 0.4) is 0 Å². The molecule has 0 aliphatic heterocycles. The highest BCUT2D eigenvalue weighted by Gasteiger charge is 2.17. The predicted octanol–water partition coefficient (Wildman–Crippen LogP) is 2.03. The number of primary amides is 1. The van der Waals surface area contributed by atoms with Gasteiger partial charge in [0.05, 0.1) is 16.8 Å². The first kappa shape index (κ1) is 13.7. The van der Waals surface area contributed by atoms with Crippen LogP contribution in [0.1, 0.15) is 14.8 Å². The van der Waals surface area contributed by atoms with E-state index in [0.29, 0.717) is 12.1 Å². The van der Waals surface area contributed by atoms with Gasteiger partial charge < -0.3 is 11.1 Å². The summed E-state index contributed by atoms with van der Waals surface area (Å²) in [4.78, 5) is 30.7. The van der Waals surface area contributed by atoms with Gasteiger partial charge >= 0.3 is 0 Å². The minimum Gasteiger partial charge on any atom is -0.378 e. The molecule has 6 nitrogen and oxygen atoms in total. The van der Waals surface area contributed by atoms with Crippen molar-refractivity contribution in [3.63, 3.8) is 0 Å². The Hall–Kier alpha value is -2.32. The summed E-state index contributed by atoms with van der Waals surface area (Å²) in [6.45, 7) is 0.634. The number of hydrogen-bond donors (Lipinski definition) is 2. The third kappa shape index (κ3) is 2.91. The van der Waals surface area contributed by atoms with Gasteiger partial charge in [-0.3, -0.25) is 9.59 Å². The second-order valence-electron chi connectivity index (χ2n) is 4.17. The number of nitrogens with zero attached hydrogens (tertiary/aromatic N) is 2. The van der Waals surface area contributed by atoms with Crippen molar-refractivity contribution in [2.45, 2.75) is 6.54 Å². The summed E-state index contributed by atoms with van der Waals surface area (Å²) in [5.41, 5.74) is 6.55. The number of carbonyl (C=O) groups is 2. The highest BCUT2D eigenvalue weighted by Crippen LogP contribution is 2.26. The van der Waals surface area contributed by atoms with E-state index in [1.807, 2.05) is 17.5 Å². The van der Waals surface area contributed by atoms with Gasteiger partial charge in [-0.05, 0) is 18.2 Å². The van der Waals surface area contributed by atoms with Crippen LogP contribution in [0.25, 0.3) is 10.2 Å². The zero-order valence-electron chi connectivity index (χ0n) is 10.7. The first-order valence-electron chi connectivity index (χ1n) is 6.00. The maximum atomic E-state index is 11.5. The van der Waals surface area contributed by atoms with Crippen molar-refractivity contribution in [2.75, 3.05) is 5.32 Å². The Morgan fingerprint density at radius 1 is 1.33 bits per heavy atom. The van der Waals surface area contributed by atoms with Crippen LogP contribution in [-0.4, -0.2) is 21.7 Å². The molecule has 106 valence electrons. The number of amides is 1. The standard InChI is InChI=1S/C13H10N4O2S2/c14-12(19)11(18)13-17-8-2-1-7(5-9(8)21-13)16-6-10-15-3-4-20-10/h1-5,16H,6H2,(H2,14,19). The van der Waals surface area contributed by atoms with Gasteiger partial charge in [0.25, 0.3) is 11.7 Å². The van der Waals surface area contributed by atoms with Crippen LogP contribution in [0, 0.1) is 0 Å². The molecule has 0 saturated heterocycles. The van der Waals surface area contributed by atoms with E-state index in [9.17, 15) is 9.59 Å². The Morgan fingerprint density at radius 3 is 2.90 bits per heavy atom. The number of Topliss-reactive ketones (excluding diaryl/α,β-unsaturated/α-hetero) is 1. The zero-order valence-corrected chi connectivity index (χ0v) is 12.3. The molecule has 0 unspecified atom stereocenters. The Bertz CT molecular complexity index is 811. The van der Waals surface area contributed by atoms with Crippen molar-refractivity contribution in [1.29, 1.82) is 0 Å². The highest BCUT2D eigenvalue weighted by atomic mass is 32.1. The van der Waals surface area contributed by atoms with Gasteiger partial charge in [-0.25, -0.2) is 9.97 Å². The molecule has 2 heterocycles. The van der Waals surface area contributed by atoms with Crippen molar-refractivity contribution >= 4 is 50.3 Å². The summed E-state index contributed by atoms with van der Waals surface area (Å²) >= 11 is 2.73. The van der Waals surface area contributed by atoms with Crippen molar-refractivity contribution < 1.29 is 9.59 Å². The van der Waals surface area contributed by atoms with E-state index in [1.54, 1.807) is 23.6 Å². The third-order valence-electron chi connectivity index (χ3n) is 2.73. The van der Waals surface area contributed by atoms with E-state index < -0.39 is 11.7 Å². The van der Waals surface area contributed by atoms with Crippen LogP contribution < -0.4 is 11.1 Å². The average molecular weight is 318 g/mol. The van der Waals surface area contributed by atoms with Gasteiger partial charge in [0, 0.05) is 17.3 Å². The summed E-state index contributed by atoms with van der Waals surface area (Å²) in [5, 5.41) is 6.28. The molecule has 0 spiro atoms. The van der Waals surface area contributed by atoms with Gasteiger partial charge in [-0.15, -0.1) is 22.7 Å². The van der Waals surface area contributed by atoms with Crippen molar-refractivity contribution in [3.05, 3.63) is 39.8 Å². The number of thiazole rings is 2. The second-order valence-corrected chi connectivity index (χ2v) is 6.18. The van der Waals surface area contributed by atoms with E-state index in [2.05, 4.69) is 15.3 Å². The summed E-state index contributed by atoms with van der Waals surface area (Å²) < 4.78 is 0.823. The van der Waals surface area contributed by atoms with Crippen LogP contribution in [-0.2, 0) is 11.3 Å². The zero-order chi connectivity index (χ0) is 14.8. The largest absolute Gasteiger partial charge is 0.378 e. The summed E-state index contributed by atoms with van der Waals surface area (Å²) in [6, 6.07) is 5.56. The van der Waals surface area contributed by atoms with E-state index >= 15 is 0 Å². The molecule has 21 heavy (non-hydrogen) atoms. The highest BCUT2D eigenvalue weighted by molar-refractivity contribution is 7.21. The van der Waals surface area contributed by atoms with Gasteiger partial charge in [-0.2, -0.15) is 0 Å². The fraction of sp³-hybridized carbons (Fsp3) is 0.0769. The van der Waals surface area contributed by atoms with Crippen molar-refractivity contribution in [3.8, 4) is 0 Å². The SMILES string of the molecule is NC(=O)C(=O)c1nc2ccc(NCc3nccs3)cc2s1. The van der Waals surface area contributed by atoms with Crippen molar-refractivity contribution in [1.82, 2.24) is 9.97 Å². The molecule has 0 fully saturated rings. The first-order chi connectivity index (χ1) is 10.1.